The van der Waals surface area contributed by atoms with Crippen molar-refractivity contribution >= 4 is 42.7 Å². The van der Waals surface area contributed by atoms with E-state index in [2.05, 4.69) is 9.55 Å². The van der Waals surface area contributed by atoms with Crippen LogP contribution in [0.25, 0.3) is 21.3 Å². The van der Waals surface area contributed by atoms with Gasteiger partial charge in [-0.2, -0.15) is 8.42 Å². The molecule has 162 valence electrons. The Hall–Kier alpha value is -2.33. The van der Waals surface area contributed by atoms with Crippen molar-refractivity contribution < 1.29 is 17.3 Å². The van der Waals surface area contributed by atoms with Crippen LogP contribution in [0.3, 0.4) is 0 Å². The van der Waals surface area contributed by atoms with Gasteiger partial charge < -0.3 is 9.30 Å². The van der Waals surface area contributed by atoms with Crippen LogP contribution in [0.2, 0.25) is 0 Å². The Kier molecular flexibility index (Phi) is 5.29. The van der Waals surface area contributed by atoms with Crippen LogP contribution in [0.5, 0.6) is 0 Å². The fourth-order valence-corrected chi connectivity index (χ4v) is 5.93. The Morgan fingerprint density at radius 3 is 2.71 bits per heavy atom. The molecule has 5 rings (SSSR count). The highest BCUT2D eigenvalue weighted by molar-refractivity contribution is 7.86. The topological polar surface area (TPSA) is 83.3 Å². The maximum absolute atomic E-state index is 12.4. The third-order valence-electron chi connectivity index (χ3n) is 5.73. The van der Waals surface area contributed by atoms with Gasteiger partial charge >= 0.3 is 0 Å². The molecule has 3 aromatic heterocycles. The van der Waals surface area contributed by atoms with E-state index in [0.29, 0.717) is 13.0 Å². The van der Waals surface area contributed by atoms with Gasteiger partial charge in [-0.1, -0.05) is 17.7 Å². The molecule has 2 atom stereocenters. The molecule has 7 nitrogen and oxygen atoms in total. The Balaban J connectivity index is 1.28. The minimum atomic E-state index is -3.79. The fourth-order valence-electron chi connectivity index (χ4n) is 4.11. The lowest BCUT2D eigenvalue weighted by molar-refractivity contribution is -0.0322. The summed E-state index contributed by atoms with van der Waals surface area (Å²) in [5, 5.41) is 2.04. The molecular formula is C22H23N3O4S2. The number of ether oxygens (including phenoxy) is 1. The third-order valence-corrected chi connectivity index (χ3v) is 7.94. The minimum absolute atomic E-state index is 0.0195. The van der Waals surface area contributed by atoms with E-state index in [1.807, 2.05) is 31.5 Å². The average Bonchev–Trinajstić information content (AvgIpc) is 3.36. The summed E-state index contributed by atoms with van der Waals surface area (Å²) >= 11 is 1.67. The number of pyridine rings is 1. The second-order valence-corrected chi connectivity index (χ2v) is 10.4. The Bertz CT molecular complexity index is 1330. The zero-order valence-electron chi connectivity index (χ0n) is 17.3. The summed E-state index contributed by atoms with van der Waals surface area (Å²) in [6.45, 7) is 4.42. The molecule has 9 heteroatoms. The number of rotatable bonds is 5. The van der Waals surface area contributed by atoms with Gasteiger partial charge in [0.25, 0.3) is 10.1 Å². The van der Waals surface area contributed by atoms with Crippen LogP contribution in [0.4, 0.5) is 0 Å². The molecule has 0 amide bonds. The number of thiophene rings is 1. The molecule has 31 heavy (non-hydrogen) atoms. The zero-order chi connectivity index (χ0) is 21.6. The summed E-state index contributed by atoms with van der Waals surface area (Å²) in [5.41, 5.74) is 3.96. The van der Waals surface area contributed by atoms with Gasteiger partial charge in [0.1, 0.15) is 11.3 Å². The Morgan fingerprint density at radius 1 is 1.16 bits per heavy atom. The standard InChI is InChI=1S/C22H23N3O4S2/c1-14-3-7-18(8-4-14)31(26,27)29-13-17-6-5-16(12-28-17)25-15(2)24-20-11-23-19-9-10-30-22(19)21(20)25/h3-4,7-11,16-17H,5-6,12-13H2,1-2H3/t16-,17+/m0/s1. The number of hydrogen-bond donors (Lipinski definition) is 0. The molecule has 1 aromatic carbocycles. The molecule has 0 radical (unpaired) electrons. The van der Waals surface area contributed by atoms with Crippen molar-refractivity contribution in [1.82, 2.24) is 14.5 Å². The number of imidazole rings is 1. The van der Waals surface area contributed by atoms with Crippen molar-refractivity contribution in [3.8, 4) is 0 Å². The maximum Gasteiger partial charge on any atom is 0.297 e. The van der Waals surface area contributed by atoms with Gasteiger partial charge in [-0.15, -0.1) is 11.3 Å². The van der Waals surface area contributed by atoms with Crippen LogP contribution in [-0.4, -0.2) is 42.3 Å². The van der Waals surface area contributed by atoms with Crippen molar-refractivity contribution in [3.63, 3.8) is 0 Å². The van der Waals surface area contributed by atoms with E-state index in [0.717, 1.165) is 39.1 Å². The number of aryl methyl sites for hydroxylation is 2. The molecule has 1 aliphatic heterocycles. The highest BCUT2D eigenvalue weighted by Gasteiger charge is 2.28. The minimum Gasteiger partial charge on any atom is -0.374 e. The molecule has 0 N–H and O–H groups in total. The molecule has 4 heterocycles. The largest absolute Gasteiger partial charge is 0.374 e. The number of nitrogens with zero attached hydrogens (tertiary/aromatic N) is 3. The average molecular weight is 458 g/mol. The van der Waals surface area contributed by atoms with Crippen LogP contribution in [0.15, 0.2) is 46.8 Å². The molecule has 1 fully saturated rings. The lowest BCUT2D eigenvalue weighted by Gasteiger charge is -2.30. The lowest BCUT2D eigenvalue weighted by atomic mass is 10.0. The predicted molar refractivity (Wildman–Crippen MR) is 120 cm³/mol. The van der Waals surface area contributed by atoms with Crippen LogP contribution < -0.4 is 0 Å². The third kappa shape index (κ3) is 3.87. The van der Waals surface area contributed by atoms with Gasteiger partial charge in [0, 0.05) is 0 Å². The normalized spacial score (nSPS) is 19.9. The smallest absolute Gasteiger partial charge is 0.297 e. The van der Waals surface area contributed by atoms with Crippen LogP contribution >= 0.6 is 11.3 Å². The van der Waals surface area contributed by atoms with Crippen molar-refractivity contribution in [3.05, 3.63) is 53.3 Å². The summed E-state index contributed by atoms with van der Waals surface area (Å²) in [6, 6.07) is 8.81. The molecule has 0 unspecified atom stereocenters. The first-order chi connectivity index (χ1) is 14.9. The van der Waals surface area contributed by atoms with Crippen LogP contribution in [-0.2, 0) is 19.0 Å². The summed E-state index contributed by atoms with van der Waals surface area (Å²) in [5.74, 6) is 0.933. The van der Waals surface area contributed by atoms with Gasteiger partial charge in [-0.3, -0.25) is 9.17 Å². The molecule has 1 saturated heterocycles. The first-order valence-electron chi connectivity index (χ1n) is 10.2. The van der Waals surface area contributed by atoms with E-state index in [9.17, 15) is 8.42 Å². The van der Waals surface area contributed by atoms with E-state index >= 15 is 0 Å². The number of aromatic nitrogens is 3. The molecule has 0 saturated carbocycles. The van der Waals surface area contributed by atoms with Crippen LogP contribution in [0.1, 0.15) is 30.3 Å². The molecule has 0 spiro atoms. The maximum atomic E-state index is 12.4. The lowest BCUT2D eigenvalue weighted by Crippen LogP contribution is -2.32. The van der Waals surface area contributed by atoms with Gasteiger partial charge in [0.05, 0.1) is 52.2 Å². The molecular weight excluding hydrogens is 434 g/mol. The fraction of sp³-hybridized carbons (Fsp3) is 0.364. The second kappa shape index (κ2) is 7.98. The quantitative estimate of drug-likeness (QED) is 0.414. The highest BCUT2D eigenvalue weighted by Crippen LogP contribution is 2.34. The van der Waals surface area contributed by atoms with Gasteiger partial charge in [-0.05, 0) is 50.3 Å². The predicted octanol–water partition coefficient (Wildman–Crippen LogP) is 4.39. The first-order valence-corrected chi connectivity index (χ1v) is 12.5. The Labute approximate surface area is 184 Å². The molecule has 1 aliphatic rings. The van der Waals surface area contributed by atoms with E-state index in [-0.39, 0.29) is 23.6 Å². The van der Waals surface area contributed by atoms with E-state index in [4.69, 9.17) is 13.9 Å². The van der Waals surface area contributed by atoms with Crippen molar-refractivity contribution in [2.75, 3.05) is 13.2 Å². The summed E-state index contributed by atoms with van der Waals surface area (Å²) < 4.78 is 39.5. The molecule has 0 bridgehead atoms. The number of fused-ring (bicyclic) bond motifs is 3. The Morgan fingerprint density at radius 2 is 1.97 bits per heavy atom. The first kappa shape index (κ1) is 20.6. The summed E-state index contributed by atoms with van der Waals surface area (Å²) in [6.07, 6.45) is 3.14. The molecule has 0 aliphatic carbocycles. The summed E-state index contributed by atoms with van der Waals surface area (Å²) in [4.78, 5) is 9.35. The highest BCUT2D eigenvalue weighted by atomic mass is 32.2. The van der Waals surface area contributed by atoms with Gasteiger partial charge in [0.15, 0.2) is 0 Å². The molecule has 4 aromatic rings. The zero-order valence-corrected chi connectivity index (χ0v) is 18.9. The van der Waals surface area contributed by atoms with Gasteiger partial charge in [0.2, 0.25) is 0 Å². The van der Waals surface area contributed by atoms with Gasteiger partial charge in [-0.25, -0.2) is 4.98 Å². The van der Waals surface area contributed by atoms with E-state index < -0.39 is 10.1 Å². The second-order valence-electron chi connectivity index (χ2n) is 7.89. The van der Waals surface area contributed by atoms with E-state index in [1.165, 1.54) is 0 Å². The van der Waals surface area contributed by atoms with E-state index in [1.54, 1.807) is 35.6 Å². The van der Waals surface area contributed by atoms with Crippen LogP contribution in [0, 0.1) is 13.8 Å². The number of benzene rings is 1. The van der Waals surface area contributed by atoms with Crippen molar-refractivity contribution in [1.29, 1.82) is 0 Å². The monoisotopic (exact) mass is 457 g/mol. The van der Waals surface area contributed by atoms with Crippen molar-refractivity contribution in [2.24, 2.45) is 0 Å². The van der Waals surface area contributed by atoms with Crippen molar-refractivity contribution in [2.45, 2.75) is 43.7 Å². The summed E-state index contributed by atoms with van der Waals surface area (Å²) in [7, 11) is -3.79. The number of hydrogen-bond acceptors (Lipinski definition) is 7. The SMILES string of the molecule is Cc1ccc(S(=O)(=O)OC[C@H]2CC[C@H](n3c(C)nc4cnc5ccsc5c43)CO2)cc1.